The Balaban J connectivity index is -0.0000000825. The quantitative estimate of drug-likeness (QED) is 0.896. The molecular formula is C13H32N4O. The fourth-order valence-electron chi connectivity index (χ4n) is 0.684. The minimum Gasteiger partial charge on any atom is -0.300 e. The molecule has 1 rings (SSSR count). The number of carbonyl (C=O) groups is 1. The van der Waals surface area contributed by atoms with Crippen LogP contribution in [0.15, 0.2) is 0 Å². The van der Waals surface area contributed by atoms with Gasteiger partial charge in [-0.2, -0.15) is 5.21 Å². The largest absolute Gasteiger partial charge is 0.300 e. The lowest BCUT2D eigenvalue weighted by Gasteiger charge is -1.80. The lowest BCUT2D eigenvalue weighted by atomic mass is 10.3. The fraction of sp³-hybridized carbons (Fsp3) is 0.846. The molecule has 1 N–H and O–H groups in total. The summed E-state index contributed by atoms with van der Waals surface area (Å²) >= 11 is 0. The maximum atomic E-state index is 10.0. The summed E-state index contributed by atoms with van der Waals surface area (Å²) in [5.74, 6) is 1.05. The van der Waals surface area contributed by atoms with Gasteiger partial charge in [-0.3, -0.25) is 0 Å². The molecule has 0 aliphatic heterocycles. The van der Waals surface area contributed by atoms with Gasteiger partial charge in [0, 0.05) is 12.8 Å². The van der Waals surface area contributed by atoms with Gasteiger partial charge in [-0.25, -0.2) is 0 Å². The first kappa shape index (κ1) is 25.6. The Hall–Kier alpha value is -1.26. The third kappa shape index (κ3) is 24.1. The number of nitrogens with zero attached hydrogens (tertiary/aromatic N) is 3. The van der Waals surface area contributed by atoms with E-state index in [4.69, 9.17) is 0 Å². The molecule has 0 unspecified atom stereocenters. The Morgan fingerprint density at radius 2 is 1.67 bits per heavy atom. The first-order valence-corrected chi connectivity index (χ1v) is 6.42. The average Bonchev–Trinajstić information content (AvgIpc) is 2.88. The van der Waals surface area contributed by atoms with Gasteiger partial charge in [-0.15, -0.1) is 10.2 Å². The molecule has 1 heterocycles. The predicted molar refractivity (Wildman–Crippen MR) is 78.6 cm³/mol. The summed E-state index contributed by atoms with van der Waals surface area (Å²) in [6, 6.07) is 0. The molecule has 0 saturated heterocycles. The van der Waals surface area contributed by atoms with Crippen LogP contribution in [-0.2, 0) is 11.2 Å². The fourth-order valence-corrected chi connectivity index (χ4v) is 0.684. The molecule has 0 aliphatic rings. The van der Waals surface area contributed by atoms with Gasteiger partial charge >= 0.3 is 0 Å². The van der Waals surface area contributed by atoms with Crippen LogP contribution in [0.25, 0.3) is 0 Å². The van der Waals surface area contributed by atoms with E-state index in [1.165, 1.54) is 0 Å². The van der Waals surface area contributed by atoms with Crippen LogP contribution in [0.2, 0.25) is 0 Å². The van der Waals surface area contributed by atoms with Crippen LogP contribution in [0.4, 0.5) is 0 Å². The van der Waals surface area contributed by atoms with Crippen molar-refractivity contribution in [2.24, 2.45) is 0 Å². The van der Waals surface area contributed by atoms with Gasteiger partial charge < -0.3 is 4.79 Å². The lowest BCUT2D eigenvalue weighted by molar-refractivity contribution is -0.117. The molecule has 18 heavy (non-hydrogen) atoms. The van der Waals surface area contributed by atoms with Crippen LogP contribution in [0.5, 0.6) is 0 Å². The number of ketones is 1. The van der Waals surface area contributed by atoms with Gasteiger partial charge in [0.1, 0.15) is 5.78 Å². The van der Waals surface area contributed by atoms with Crippen molar-refractivity contribution in [3.63, 3.8) is 0 Å². The van der Waals surface area contributed by atoms with Crippen LogP contribution in [0, 0.1) is 0 Å². The molecule has 5 nitrogen and oxygen atoms in total. The van der Waals surface area contributed by atoms with Gasteiger partial charge in [0.2, 0.25) is 0 Å². The van der Waals surface area contributed by atoms with E-state index in [-0.39, 0.29) is 13.2 Å². The topological polar surface area (TPSA) is 71.5 Å². The van der Waals surface area contributed by atoms with Crippen LogP contribution < -0.4 is 0 Å². The van der Waals surface area contributed by atoms with Crippen molar-refractivity contribution in [2.45, 2.75) is 75.2 Å². The number of rotatable bonds is 3. The molecule has 0 bridgehead atoms. The maximum absolute atomic E-state index is 10.0. The maximum Gasteiger partial charge on any atom is 0.174 e. The van der Waals surface area contributed by atoms with Crippen LogP contribution in [0.3, 0.4) is 0 Å². The number of Topliss-reactive ketones (excluding diaryl/α,β-unsaturated/α-hetero) is 1. The van der Waals surface area contributed by atoms with E-state index >= 15 is 0 Å². The monoisotopic (exact) mass is 260 g/mol. The van der Waals surface area contributed by atoms with Crippen molar-refractivity contribution >= 4 is 5.78 Å². The van der Waals surface area contributed by atoms with Crippen molar-refractivity contribution in [3.05, 3.63) is 5.82 Å². The predicted octanol–water partition coefficient (Wildman–Crippen LogP) is 3.83. The summed E-state index contributed by atoms with van der Waals surface area (Å²) in [6.07, 6.45) is 2.56. The summed E-state index contributed by atoms with van der Waals surface area (Å²) in [7, 11) is 0. The number of tetrazole rings is 1. The highest BCUT2D eigenvalue weighted by molar-refractivity contribution is 5.75. The second kappa shape index (κ2) is 24.8. The van der Waals surface area contributed by atoms with E-state index < -0.39 is 0 Å². The van der Waals surface area contributed by atoms with Gasteiger partial charge in [-0.1, -0.05) is 54.2 Å². The zero-order valence-electron chi connectivity index (χ0n) is 12.4. The van der Waals surface area contributed by atoms with Crippen LogP contribution in [-0.4, -0.2) is 26.4 Å². The third-order valence-corrected chi connectivity index (χ3v) is 1.31. The van der Waals surface area contributed by atoms with E-state index in [0.29, 0.717) is 0 Å². The van der Waals surface area contributed by atoms with Crippen molar-refractivity contribution in [3.8, 4) is 0 Å². The number of aromatic nitrogens is 4. The second-order valence-electron chi connectivity index (χ2n) is 2.63. The second-order valence-corrected chi connectivity index (χ2v) is 2.63. The Morgan fingerprint density at radius 3 is 1.78 bits per heavy atom. The first-order valence-electron chi connectivity index (χ1n) is 6.42. The molecule has 0 aliphatic carbocycles. The first-order chi connectivity index (χ1) is 8.20. The van der Waals surface area contributed by atoms with E-state index in [0.717, 1.165) is 25.1 Å². The van der Waals surface area contributed by atoms with Gasteiger partial charge in [-0.05, 0) is 13.3 Å². The number of carbonyl (C=O) groups excluding carboxylic acids is 1. The van der Waals surface area contributed by atoms with Crippen LogP contribution >= 0.6 is 0 Å². The minimum absolute atomic E-state index is 0. The van der Waals surface area contributed by atoms with Gasteiger partial charge in [0.05, 0.1) is 0 Å². The minimum atomic E-state index is 0. The number of aromatic amines is 1. The molecule has 5 heteroatoms. The summed E-state index contributed by atoms with van der Waals surface area (Å²) in [5, 5.41) is 13.1. The molecule has 0 amide bonds. The Labute approximate surface area is 113 Å². The molecule has 0 saturated carbocycles. The smallest absolute Gasteiger partial charge is 0.174 e. The number of aryl methyl sites for hydroxylation is 1. The molecular weight excluding hydrogens is 228 g/mol. The summed E-state index contributed by atoms with van der Waals surface area (Å²) in [4.78, 5) is 10.0. The lowest BCUT2D eigenvalue weighted by Crippen LogP contribution is -1.84. The molecule has 0 atom stereocenters. The Kier molecular flexibility index (Phi) is 35.2. The Morgan fingerprint density at radius 1 is 1.17 bits per heavy atom. The molecule has 1 aromatic rings. The average molecular weight is 260 g/mol. The summed E-state index contributed by atoms with van der Waals surface area (Å²) in [5.41, 5.74) is 0. The Bertz CT molecular complexity index is 223. The summed E-state index contributed by atoms with van der Waals surface area (Å²) in [6.45, 7) is 13.6. The standard InChI is InChI=1S/C5H10O.C3H6N4.2C2H6.CH4/c1-3-4-5(2)6;1-2-3-4-6-7-5-3;2*1-2;/h3-4H2,1-2H3;2H2,1H3,(H,4,5,6,7);2*1-2H3;1H4. The van der Waals surface area contributed by atoms with Crippen molar-refractivity contribution in [1.82, 2.24) is 20.6 Å². The molecule has 0 aromatic carbocycles. The van der Waals surface area contributed by atoms with Crippen molar-refractivity contribution in [1.29, 1.82) is 0 Å². The SMILES string of the molecule is C.CC.CC.CCCC(C)=O.CCc1nn[nH]n1. The molecule has 0 fully saturated rings. The van der Waals surface area contributed by atoms with Gasteiger partial charge in [0.25, 0.3) is 0 Å². The van der Waals surface area contributed by atoms with Crippen molar-refractivity contribution < 1.29 is 4.79 Å². The molecule has 1 aromatic heterocycles. The number of hydrogen-bond donors (Lipinski definition) is 1. The molecule has 0 spiro atoms. The zero-order chi connectivity index (χ0) is 14.1. The van der Waals surface area contributed by atoms with E-state index in [1.54, 1.807) is 6.92 Å². The number of hydrogen-bond acceptors (Lipinski definition) is 4. The highest BCUT2D eigenvalue weighted by Crippen LogP contribution is 1.84. The normalized spacial score (nSPS) is 7.06. The zero-order valence-corrected chi connectivity index (χ0v) is 12.4. The van der Waals surface area contributed by atoms with E-state index in [2.05, 4.69) is 20.6 Å². The highest BCUT2D eigenvalue weighted by Gasteiger charge is 1.87. The van der Waals surface area contributed by atoms with Crippen LogP contribution in [0.1, 0.15) is 74.6 Å². The molecule has 110 valence electrons. The van der Waals surface area contributed by atoms with Gasteiger partial charge in [0.15, 0.2) is 5.82 Å². The van der Waals surface area contributed by atoms with Crippen molar-refractivity contribution in [2.75, 3.05) is 0 Å². The highest BCUT2D eigenvalue weighted by atomic mass is 16.1. The third-order valence-electron chi connectivity index (χ3n) is 1.31. The van der Waals surface area contributed by atoms with E-state index in [1.807, 2.05) is 41.5 Å². The molecule has 0 radical (unpaired) electrons. The number of nitrogens with one attached hydrogen (secondary N) is 1. The number of H-pyrrole nitrogens is 1. The summed E-state index contributed by atoms with van der Waals surface area (Å²) < 4.78 is 0. The van der Waals surface area contributed by atoms with E-state index in [9.17, 15) is 4.79 Å².